The van der Waals surface area contributed by atoms with Gasteiger partial charge < -0.3 is 4.90 Å². The van der Waals surface area contributed by atoms with Gasteiger partial charge in [0.25, 0.3) is 12.3 Å². The molecule has 0 N–H and O–H groups in total. The zero-order valence-corrected chi connectivity index (χ0v) is 12.9. The average molecular weight is 284 g/mol. The number of carbonyl (C=O) groups is 1. The number of hydrogen-bond donors (Lipinski definition) is 0. The number of aromatic nitrogens is 1. The average Bonchev–Trinajstić information content (AvgIpc) is 2.25. The van der Waals surface area contributed by atoms with Crippen LogP contribution in [0.2, 0.25) is 0 Å². The Hall–Kier alpha value is -1.52. The molecule has 0 spiro atoms. The van der Waals surface area contributed by atoms with Crippen molar-refractivity contribution < 1.29 is 13.6 Å². The second-order valence-electron chi connectivity index (χ2n) is 6.76. The fourth-order valence-electron chi connectivity index (χ4n) is 2.43. The first-order chi connectivity index (χ1) is 8.94. The van der Waals surface area contributed by atoms with Crippen LogP contribution >= 0.6 is 0 Å². The lowest BCUT2D eigenvalue weighted by atomic mass is 9.95. The van der Waals surface area contributed by atoms with Crippen molar-refractivity contribution in [1.29, 1.82) is 0 Å². The number of carbonyl (C=O) groups excluding carboxylic acids is 1. The van der Waals surface area contributed by atoms with E-state index in [1.165, 1.54) is 12.3 Å². The Morgan fingerprint density at radius 1 is 1.15 bits per heavy atom. The number of rotatable bonds is 2. The van der Waals surface area contributed by atoms with E-state index in [-0.39, 0.29) is 17.2 Å². The van der Waals surface area contributed by atoms with E-state index >= 15 is 0 Å². The Morgan fingerprint density at radius 2 is 1.65 bits per heavy atom. The van der Waals surface area contributed by atoms with Crippen LogP contribution in [0, 0.1) is 0 Å². The predicted molar refractivity (Wildman–Crippen MR) is 74.9 cm³/mol. The summed E-state index contributed by atoms with van der Waals surface area (Å²) >= 11 is 0. The van der Waals surface area contributed by atoms with E-state index in [1.807, 2.05) is 41.5 Å². The Bertz CT molecular complexity index is 473. The molecule has 1 heterocycles. The fourth-order valence-corrected chi connectivity index (χ4v) is 2.43. The molecule has 1 aromatic heterocycles. The summed E-state index contributed by atoms with van der Waals surface area (Å²) in [7, 11) is 0. The Labute approximate surface area is 119 Å². The summed E-state index contributed by atoms with van der Waals surface area (Å²) in [5, 5.41) is 0. The van der Waals surface area contributed by atoms with E-state index in [2.05, 4.69) is 4.98 Å². The summed E-state index contributed by atoms with van der Waals surface area (Å²) in [6, 6.07) is 2.39. The molecule has 0 fully saturated rings. The van der Waals surface area contributed by atoms with Crippen molar-refractivity contribution in [2.45, 2.75) is 59.0 Å². The normalized spacial score (nSPS) is 12.7. The van der Waals surface area contributed by atoms with Gasteiger partial charge in [0.2, 0.25) is 0 Å². The van der Waals surface area contributed by atoms with Gasteiger partial charge in [-0.15, -0.1) is 0 Å². The topological polar surface area (TPSA) is 33.2 Å². The Balaban J connectivity index is 3.24. The molecule has 112 valence electrons. The van der Waals surface area contributed by atoms with Gasteiger partial charge in [0, 0.05) is 22.8 Å². The molecule has 0 saturated carbocycles. The lowest BCUT2D eigenvalue weighted by molar-refractivity contribution is 0.0264. The molecular weight excluding hydrogens is 262 g/mol. The van der Waals surface area contributed by atoms with Crippen LogP contribution in [0.25, 0.3) is 0 Å². The van der Waals surface area contributed by atoms with E-state index in [4.69, 9.17) is 0 Å². The third-order valence-electron chi connectivity index (χ3n) is 2.80. The predicted octanol–water partition coefficient (Wildman–Crippen LogP) is 4.06. The highest BCUT2D eigenvalue weighted by Crippen LogP contribution is 2.27. The van der Waals surface area contributed by atoms with E-state index < -0.39 is 17.5 Å². The number of hydrogen-bond acceptors (Lipinski definition) is 2. The minimum Gasteiger partial charge on any atom is -0.328 e. The van der Waals surface area contributed by atoms with Gasteiger partial charge in [0.15, 0.2) is 0 Å². The summed E-state index contributed by atoms with van der Waals surface area (Å²) in [4.78, 5) is 18.2. The highest BCUT2D eigenvalue weighted by molar-refractivity contribution is 5.93. The Morgan fingerprint density at radius 3 is 2.05 bits per heavy atom. The van der Waals surface area contributed by atoms with Crippen LogP contribution in [0.1, 0.15) is 64.0 Å². The van der Waals surface area contributed by atoms with Gasteiger partial charge >= 0.3 is 0 Å². The van der Waals surface area contributed by atoms with Crippen LogP contribution in [0.4, 0.5) is 8.78 Å². The molecule has 0 aliphatic carbocycles. The van der Waals surface area contributed by atoms with E-state index in [0.717, 1.165) is 6.07 Å². The van der Waals surface area contributed by atoms with Crippen LogP contribution in [0.5, 0.6) is 0 Å². The molecule has 3 nitrogen and oxygen atoms in total. The molecule has 0 saturated heterocycles. The third-order valence-corrected chi connectivity index (χ3v) is 2.80. The maximum absolute atomic E-state index is 12.7. The maximum Gasteiger partial charge on any atom is 0.273 e. The van der Waals surface area contributed by atoms with Crippen molar-refractivity contribution >= 4 is 5.91 Å². The quantitative estimate of drug-likeness (QED) is 0.820. The van der Waals surface area contributed by atoms with E-state index in [1.54, 1.807) is 4.90 Å². The molecule has 0 radical (unpaired) electrons. The van der Waals surface area contributed by atoms with Gasteiger partial charge in [-0.3, -0.25) is 9.78 Å². The van der Waals surface area contributed by atoms with E-state index in [0.29, 0.717) is 0 Å². The number of alkyl halides is 2. The number of amides is 1. The molecule has 0 unspecified atom stereocenters. The highest BCUT2D eigenvalue weighted by Gasteiger charge is 2.36. The first kappa shape index (κ1) is 16.5. The van der Waals surface area contributed by atoms with Gasteiger partial charge in [-0.25, -0.2) is 8.78 Å². The summed E-state index contributed by atoms with van der Waals surface area (Å²) in [5.74, 6) is -0.340. The molecular formula is C15H22F2N2O. The second-order valence-corrected chi connectivity index (χ2v) is 6.76. The van der Waals surface area contributed by atoms with Crippen molar-refractivity contribution in [3.63, 3.8) is 0 Å². The second kappa shape index (κ2) is 5.46. The molecule has 0 bridgehead atoms. The monoisotopic (exact) mass is 284 g/mol. The smallest absolute Gasteiger partial charge is 0.273 e. The number of pyridine rings is 1. The van der Waals surface area contributed by atoms with Gasteiger partial charge in [-0.2, -0.15) is 0 Å². The molecule has 0 aliphatic rings. The lowest BCUT2D eigenvalue weighted by Gasteiger charge is -2.45. The van der Waals surface area contributed by atoms with Crippen molar-refractivity contribution in [3.05, 3.63) is 29.6 Å². The van der Waals surface area contributed by atoms with Crippen LogP contribution in [0.15, 0.2) is 18.3 Å². The van der Waals surface area contributed by atoms with Crippen molar-refractivity contribution in [1.82, 2.24) is 9.88 Å². The Kier molecular flexibility index (Phi) is 4.52. The minimum absolute atomic E-state index is 0.0488. The summed E-state index contributed by atoms with van der Waals surface area (Å²) in [6.45, 7) is 11.5. The van der Waals surface area contributed by atoms with Crippen molar-refractivity contribution in [2.75, 3.05) is 0 Å². The molecule has 5 heteroatoms. The van der Waals surface area contributed by atoms with Crippen molar-refractivity contribution in [2.24, 2.45) is 0 Å². The number of halogens is 2. The molecule has 1 aromatic rings. The summed E-state index contributed by atoms with van der Waals surface area (Å²) in [6.07, 6.45) is -1.36. The van der Waals surface area contributed by atoms with Crippen LogP contribution in [0.3, 0.4) is 0 Å². The van der Waals surface area contributed by atoms with Gasteiger partial charge in [0.05, 0.1) is 0 Å². The molecule has 20 heavy (non-hydrogen) atoms. The number of nitrogens with zero attached hydrogens (tertiary/aromatic N) is 2. The van der Waals surface area contributed by atoms with Crippen molar-refractivity contribution in [3.8, 4) is 0 Å². The van der Waals surface area contributed by atoms with Crippen LogP contribution in [-0.4, -0.2) is 26.9 Å². The molecule has 1 amide bonds. The van der Waals surface area contributed by atoms with Gasteiger partial charge in [0.1, 0.15) is 5.69 Å². The minimum atomic E-state index is -2.61. The summed E-state index contributed by atoms with van der Waals surface area (Å²) < 4.78 is 25.5. The largest absolute Gasteiger partial charge is 0.328 e. The highest BCUT2D eigenvalue weighted by atomic mass is 19.3. The third kappa shape index (κ3) is 3.74. The van der Waals surface area contributed by atoms with E-state index in [9.17, 15) is 13.6 Å². The molecule has 0 aromatic carbocycles. The molecule has 0 aliphatic heterocycles. The summed E-state index contributed by atoms with van der Waals surface area (Å²) in [5.41, 5.74) is -1.01. The zero-order chi connectivity index (χ0) is 15.7. The zero-order valence-electron chi connectivity index (χ0n) is 12.9. The van der Waals surface area contributed by atoms with Gasteiger partial charge in [-0.1, -0.05) is 0 Å². The molecule has 1 rings (SSSR count). The van der Waals surface area contributed by atoms with Gasteiger partial charge in [-0.05, 0) is 53.7 Å². The van der Waals surface area contributed by atoms with Crippen LogP contribution in [-0.2, 0) is 0 Å². The first-order valence-corrected chi connectivity index (χ1v) is 6.53. The molecule has 0 atom stereocenters. The fraction of sp³-hybridized carbons (Fsp3) is 0.600. The first-order valence-electron chi connectivity index (χ1n) is 6.53. The maximum atomic E-state index is 12.7. The standard InChI is InChI=1S/C15H22F2N2O/c1-14(2,3)19(15(4,5)6)13(20)11-9-10(12(16)17)7-8-18-11/h7-9,12H,1-6H3. The SMILES string of the molecule is CC(C)(C)N(C(=O)c1cc(C(F)F)ccn1)C(C)(C)C. The van der Waals surface area contributed by atoms with Crippen LogP contribution < -0.4 is 0 Å². The lowest BCUT2D eigenvalue weighted by Crippen LogP contribution is -2.55.